The monoisotopic (exact) mass is 412 g/mol. The summed E-state index contributed by atoms with van der Waals surface area (Å²) in [6, 6.07) is 11.5. The number of aromatic hydroxyl groups is 1. The van der Waals surface area contributed by atoms with Gasteiger partial charge in [-0.15, -0.1) is 0 Å². The molecule has 2 atom stereocenters. The van der Waals surface area contributed by atoms with Gasteiger partial charge in [0.25, 0.3) is 0 Å². The first-order valence-corrected chi connectivity index (χ1v) is 10.4. The summed E-state index contributed by atoms with van der Waals surface area (Å²) < 4.78 is 10.8. The van der Waals surface area contributed by atoms with Crippen LogP contribution in [0.15, 0.2) is 36.4 Å². The molecule has 0 fully saturated rings. The van der Waals surface area contributed by atoms with Crippen LogP contribution in [0, 0.1) is 0 Å². The second kappa shape index (κ2) is 9.85. The van der Waals surface area contributed by atoms with E-state index in [4.69, 9.17) is 9.47 Å². The molecule has 1 aliphatic carbocycles. The molecule has 0 heterocycles. The Kier molecular flexibility index (Phi) is 7.21. The fourth-order valence-electron chi connectivity index (χ4n) is 4.09. The number of aryl methyl sites for hydroxylation is 1. The first-order valence-electron chi connectivity index (χ1n) is 10.4. The molecule has 0 radical (unpaired) electrons. The number of hydrogen-bond acceptors (Lipinski definition) is 5. The molecule has 1 aliphatic rings. The minimum Gasteiger partial charge on any atom is -0.508 e. The third-order valence-electron chi connectivity index (χ3n) is 5.90. The molecule has 1 amide bonds. The second-order valence-corrected chi connectivity index (χ2v) is 8.09. The number of rotatable bonds is 9. The molecule has 0 saturated carbocycles. The summed E-state index contributed by atoms with van der Waals surface area (Å²) in [7, 11) is 7.34. The number of nitrogens with zero attached hydrogens (tertiary/aromatic N) is 1. The van der Waals surface area contributed by atoms with Crippen molar-refractivity contribution in [1.82, 2.24) is 10.2 Å². The van der Waals surface area contributed by atoms with Crippen LogP contribution in [0.2, 0.25) is 0 Å². The molecule has 2 N–H and O–H groups in total. The third-order valence-corrected chi connectivity index (χ3v) is 5.90. The van der Waals surface area contributed by atoms with E-state index in [1.807, 2.05) is 38.4 Å². The predicted molar refractivity (Wildman–Crippen MR) is 117 cm³/mol. The van der Waals surface area contributed by atoms with E-state index >= 15 is 0 Å². The molecule has 162 valence electrons. The van der Waals surface area contributed by atoms with E-state index in [-0.39, 0.29) is 23.7 Å². The summed E-state index contributed by atoms with van der Waals surface area (Å²) in [4.78, 5) is 14.8. The molecule has 6 nitrogen and oxygen atoms in total. The summed E-state index contributed by atoms with van der Waals surface area (Å²) in [5.74, 6) is 1.76. The van der Waals surface area contributed by atoms with E-state index in [2.05, 4.69) is 10.2 Å². The van der Waals surface area contributed by atoms with Crippen LogP contribution in [0.4, 0.5) is 0 Å². The summed E-state index contributed by atoms with van der Waals surface area (Å²) in [5, 5.41) is 12.7. The van der Waals surface area contributed by atoms with Crippen molar-refractivity contribution in [2.45, 2.75) is 44.2 Å². The zero-order chi connectivity index (χ0) is 21.7. The highest BCUT2D eigenvalue weighted by atomic mass is 16.5. The minimum atomic E-state index is 0.0159. The molecule has 0 aliphatic heterocycles. The van der Waals surface area contributed by atoms with Crippen molar-refractivity contribution in [3.8, 4) is 17.2 Å². The van der Waals surface area contributed by atoms with Gasteiger partial charge in [-0.3, -0.25) is 4.79 Å². The highest BCUT2D eigenvalue weighted by Crippen LogP contribution is 2.39. The quantitative estimate of drug-likeness (QED) is 0.660. The van der Waals surface area contributed by atoms with Gasteiger partial charge in [0, 0.05) is 12.5 Å². The predicted octanol–water partition coefficient (Wildman–Crippen LogP) is 3.47. The topological polar surface area (TPSA) is 71.0 Å². The Hall–Kier alpha value is -2.73. The summed E-state index contributed by atoms with van der Waals surface area (Å²) >= 11 is 0. The molecule has 1 unspecified atom stereocenters. The number of benzene rings is 2. The van der Waals surface area contributed by atoms with Gasteiger partial charge >= 0.3 is 0 Å². The van der Waals surface area contributed by atoms with E-state index in [1.54, 1.807) is 26.4 Å². The lowest BCUT2D eigenvalue weighted by atomic mass is 10.00. The van der Waals surface area contributed by atoms with Gasteiger partial charge in [0.15, 0.2) is 11.5 Å². The lowest BCUT2D eigenvalue weighted by Crippen LogP contribution is -2.33. The van der Waals surface area contributed by atoms with Crippen molar-refractivity contribution >= 4 is 5.91 Å². The number of hydrogen-bond donors (Lipinski definition) is 2. The van der Waals surface area contributed by atoms with Gasteiger partial charge in [-0.1, -0.05) is 12.1 Å². The molecule has 30 heavy (non-hydrogen) atoms. The molecular formula is C24H32N2O4. The first-order chi connectivity index (χ1) is 14.4. The number of carbonyl (C=O) groups excluding carboxylic acids is 1. The van der Waals surface area contributed by atoms with Crippen molar-refractivity contribution in [3.63, 3.8) is 0 Å². The first kappa shape index (κ1) is 22.0. The van der Waals surface area contributed by atoms with E-state index in [9.17, 15) is 9.90 Å². The van der Waals surface area contributed by atoms with E-state index in [0.29, 0.717) is 12.2 Å². The van der Waals surface area contributed by atoms with E-state index in [1.165, 1.54) is 5.56 Å². The Labute approximate surface area is 178 Å². The fourth-order valence-corrected chi connectivity index (χ4v) is 4.09. The van der Waals surface area contributed by atoms with Gasteiger partial charge < -0.3 is 24.8 Å². The molecule has 2 aromatic carbocycles. The van der Waals surface area contributed by atoms with Gasteiger partial charge in [-0.25, -0.2) is 0 Å². The molecule has 2 aromatic rings. The molecule has 0 saturated heterocycles. The van der Waals surface area contributed by atoms with Gasteiger partial charge in [-0.05, 0) is 80.7 Å². The van der Waals surface area contributed by atoms with Crippen molar-refractivity contribution in [3.05, 3.63) is 53.1 Å². The van der Waals surface area contributed by atoms with Crippen LogP contribution in [0.1, 0.15) is 42.0 Å². The number of phenolic OH excluding ortho intramolecular Hbond substituents is 1. The van der Waals surface area contributed by atoms with Crippen LogP contribution in [0.5, 0.6) is 17.2 Å². The van der Waals surface area contributed by atoms with Crippen LogP contribution in [0.3, 0.4) is 0 Å². The Morgan fingerprint density at radius 1 is 1.17 bits per heavy atom. The average Bonchev–Trinajstić information content (AvgIpc) is 3.12. The lowest BCUT2D eigenvalue weighted by molar-refractivity contribution is -0.122. The maximum Gasteiger partial charge on any atom is 0.220 e. The Balaban J connectivity index is 1.58. The zero-order valence-corrected chi connectivity index (χ0v) is 18.3. The van der Waals surface area contributed by atoms with Crippen LogP contribution in [0.25, 0.3) is 0 Å². The van der Waals surface area contributed by atoms with Crippen LogP contribution in [-0.2, 0) is 17.6 Å². The fraction of sp³-hybridized carbons (Fsp3) is 0.458. The van der Waals surface area contributed by atoms with Gasteiger partial charge in [-0.2, -0.15) is 0 Å². The Bertz CT molecular complexity index is 864. The van der Waals surface area contributed by atoms with Gasteiger partial charge in [0.2, 0.25) is 5.91 Å². The summed E-state index contributed by atoms with van der Waals surface area (Å²) in [5.41, 5.74) is 3.48. The highest BCUT2D eigenvalue weighted by molar-refractivity contribution is 5.76. The van der Waals surface area contributed by atoms with Crippen molar-refractivity contribution in [1.29, 1.82) is 0 Å². The SMILES string of the molecule is COc1cc2c(cc1OC)C(NC(=O)CC[C@H](Cc1ccc(O)cc1)N(C)C)CC2. The standard InChI is InChI=1S/C24H32N2O4/c1-26(2)18(13-16-5-9-19(27)10-6-16)8-12-24(28)25-21-11-7-17-14-22(29-3)23(30-4)15-20(17)21/h5-6,9-10,14-15,18,21,27H,7-8,11-13H2,1-4H3,(H,25,28)/t18-,21?/m1/s1. The van der Waals surface area contributed by atoms with Crippen molar-refractivity contribution < 1.29 is 19.4 Å². The Morgan fingerprint density at radius 2 is 1.83 bits per heavy atom. The highest BCUT2D eigenvalue weighted by Gasteiger charge is 2.26. The maximum absolute atomic E-state index is 12.7. The summed E-state index contributed by atoms with van der Waals surface area (Å²) in [6.07, 6.45) is 3.89. The van der Waals surface area contributed by atoms with Gasteiger partial charge in [0.1, 0.15) is 5.75 Å². The largest absolute Gasteiger partial charge is 0.508 e. The summed E-state index contributed by atoms with van der Waals surface area (Å²) in [6.45, 7) is 0. The Morgan fingerprint density at radius 3 is 2.47 bits per heavy atom. The average molecular weight is 413 g/mol. The zero-order valence-electron chi connectivity index (χ0n) is 18.3. The normalized spacial score (nSPS) is 16.2. The second-order valence-electron chi connectivity index (χ2n) is 8.09. The van der Waals surface area contributed by atoms with Crippen molar-refractivity contribution in [2.24, 2.45) is 0 Å². The number of carbonyl (C=O) groups is 1. The van der Waals surface area contributed by atoms with E-state index in [0.717, 1.165) is 42.6 Å². The van der Waals surface area contributed by atoms with E-state index < -0.39 is 0 Å². The number of nitrogens with one attached hydrogen (secondary N) is 1. The molecule has 3 rings (SSSR count). The molecule has 0 spiro atoms. The smallest absolute Gasteiger partial charge is 0.220 e. The third kappa shape index (κ3) is 5.25. The van der Waals surface area contributed by atoms with Crippen LogP contribution >= 0.6 is 0 Å². The lowest BCUT2D eigenvalue weighted by Gasteiger charge is -2.25. The molecule has 0 bridgehead atoms. The molecule has 0 aromatic heterocycles. The number of phenols is 1. The number of methoxy groups -OCH3 is 2. The molecular weight excluding hydrogens is 380 g/mol. The number of likely N-dealkylation sites (N-methyl/N-ethyl adjacent to an activating group) is 1. The van der Waals surface area contributed by atoms with Crippen LogP contribution in [-0.4, -0.2) is 50.3 Å². The van der Waals surface area contributed by atoms with Crippen molar-refractivity contribution in [2.75, 3.05) is 28.3 Å². The number of amides is 1. The maximum atomic E-state index is 12.7. The minimum absolute atomic E-state index is 0.0159. The van der Waals surface area contributed by atoms with Crippen LogP contribution < -0.4 is 14.8 Å². The number of ether oxygens (including phenoxy) is 2. The van der Waals surface area contributed by atoms with Gasteiger partial charge in [0.05, 0.1) is 20.3 Å². The number of fused-ring (bicyclic) bond motifs is 1. The molecule has 6 heteroatoms.